The van der Waals surface area contributed by atoms with Gasteiger partial charge in [-0.3, -0.25) is 9.69 Å². The maximum Gasteiger partial charge on any atom is 0.254 e. The minimum atomic E-state index is 0.0933. The van der Waals surface area contributed by atoms with Gasteiger partial charge >= 0.3 is 0 Å². The van der Waals surface area contributed by atoms with Crippen LogP contribution >= 0.6 is 0 Å². The number of carbonyl (C=O) groups is 1. The molecule has 4 heteroatoms. The number of rotatable bonds is 3. The molecular formula is C34H36N2O2. The summed E-state index contributed by atoms with van der Waals surface area (Å²) in [6, 6.07) is 21.8. The Balaban J connectivity index is 1.14. The summed E-state index contributed by atoms with van der Waals surface area (Å²) in [7, 11) is 0. The number of hydrogen-bond donors (Lipinski definition) is 1. The monoisotopic (exact) mass is 504 g/mol. The van der Waals surface area contributed by atoms with Gasteiger partial charge in [0.05, 0.1) is 0 Å². The van der Waals surface area contributed by atoms with Crippen molar-refractivity contribution in [1.82, 2.24) is 9.80 Å². The van der Waals surface area contributed by atoms with Crippen LogP contribution in [0, 0.1) is 23.2 Å². The summed E-state index contributed by atoms with van der Waals surface area (Å²) in [5, 5.41) is 13.0. The largest absolute Gasteiger partial charge is 0.508 e. The molecule has 38 heavy (non-hydrogen) atoms. The molecule has 2 aliphatic heterocycles. The maximum absolute atomic E-state index is 14.1. The highest BCUT2D eigenvalue weighted by Crippen LogP contribution is 2.75. The van der Waals surface area contributed by atoms with Crippen molar-refractivity contribution in [3.8, 4) is 5.75 Å². The molecule has 1 N–H and O–H groups in total. The van der Waals surface area contributed by atoms with Gasteiger partial charge in [-0.1, -0.05) is 36.4 Å². The Labute approximate surface area is 224 Å². The van der Waals surface area contributed by atoms with Crippen LogP contribution in [-0.2, 0) is 11.8 Å². The van der Waals surface area contributed by atoms with Gasteiger partial charge in [0.1, 0.15) is 5.75 Å². The lowest BCUT2D eigenvalue weighted by Gasteiger charge is -2.66. The van der Waals surface area contributed by atoms with Crippen molar-refractivity contribution in [1.29, 1.82) is 0 Å². The third-order valence-corrected chi connectivity index (χ3v) is 12.0. The minimum Gasteiger partial charge on any atom is -0.508 e. The summed E-state index contributed by atoms with van der Waals surface area (Å²) in [6.07, 6.45) is 8.72. The van der Waals surface area contributed by atoms with Crippen LogP contribution in [0.5, 0.6) is 5.75 Å². The van der Waals surface area contributed by atoms with Crippen LogP contribution < -0.4 is 0 Å². The highest BCUT2D eigenvalue weighted by molar-refractivity contribution is 5.99. The SMILES string of the molecule is O=C(c1ccc2ccccc2c1)N1C[C@H]2CC34CCC1C2C31CCN(CC2CC2)C4Cc2ccc(O)cc21. The number of likely N-dealkylation sites (tertiary alicyclic amines) is 2. The lowest BCUT2D eigenvalue weighted by atomic mass is 9.43. The van der Waals surface area contributed by atoms with Gasteiger partial charge in [-0.2, -0.15) is 0 Å². The van der Waals surface area contributed by atoms with Crippen molar-refractivity contribution in [3.63, 3.8) is 0 Å². The number of benzene rings is 3. The number of amides is 1. The Bertz CT molecular complexity index is 1490. The number of phenols is 1. The molecule has 3 saturated carbocycles. The van der Waals surface area contributed by atoms with Gasteiger partial charge in [0.15, 0.2) is 0 Å². The Morgan fingerprint density at radius 3 is 2.71 bits per heavy atom. The second-order valence-electron chi connectivity index (χ2n) is 13.5. The van der Waals surface area contributed by atoms with Gasteiger partial charge in [-0.05, 0) is 121 Å². The van der Waals surface area contributed by atoms with Crippen LogP contribution in [-0.4, -0.2) is 52.5 Å². The zero-order chi connectivity index (χ0) is 25.2. The first kappa shape index (κ1) is 22.0. The summed E-state index contributed by atoms with van der Waals surface area (Å²) in [5.74, 6) is 2.60. The van der Waals surface area contributed by atoms with E-state index < -0.39 is 0 Å². The summed E-state index contributed by atoms with van der Waals surface area (Å²) in [5.41, 5.74) is 4.12. The van der Waals surface area contributed by atoms with Gasteiger partial charge in [-0.25, -0.2) is 0 Å². The molecule has 1 amide bonds. The topological polar surface area (TPSA) is 43.8 Å². The van der Waals surface area contributed by atoms with Crippen LogP contribution in [0.15, 0.2) is 60.7 Å². The molecule has 2 saturated heterocycles. The molecule has 3 aromatic carbocycles. The van der Waals surface area contributed by atoms with Crippen LogP contribution in [0.2, 0.25) is 0 Å². The lowest BCUT2D eigenvalue weighted by molar-refractivity contribution is -0.102. The molecule has 3 aromatic rings. The van der Waals surface area contributed by atoms with E-state index in [4.69, 9.17) is 0 Å². The van der Waals surface area contributed by atoms with E-state index in [-0.39, 0.29) is 11.3 Å². The van der Waals surface area contributed by atoms with Gasteiger partial charge in [-0.15, -0.1) is 0 Å². The Hall–Kier alpha value is -2.85. The first-order valence-electron chi connectivity index (χ1n) is 14.9. The van der Waals surface area contributed by atoms with Crippen molar-refractivity contribution in [3.05, 3.63) is 77.4 Å². The van der Waals surface area contributed by atoms with E-state index >= 15 is 0 Å². The van der Waals surface area contributed by atoms with Crippen LogP contribution in [0.3, 0.4) is 0 Å². The van der Waals surface area contributed by atoms with E-state index in [1.54, 1.807) is 0 Å². The first-order chi connectivity index (χ1) is 18.6. The first-order valence-corrected chi connectivity index (χ1v) is 14.9. The molecule has 6 aliphatic rings. The summed E-state index contributed by atoms with van der Waals surface area (Å²) < 4.78 is 0. The zero-order valence-electron chi connectivity index (χ0n) is 22.0. The molecule has 6 atom stereocenters. The van der Waals surface area contributed by atoms with Crippen molar-refractivity contribution in [2.45, 2.75) is 62.4 Å². The number of carbonyl (C=O) groups excluding carboxylic acids is 1. The van der Waals surface area contributed by atoms with Crippen molar-refractivity contribution >= 4 is 16.7 Å². The normalized spacial score (nSPS) is 36.8. The van der Waals surface area contributed by atoms with E-state index in [1.807, 2.05) is 12.1 Å². The van der Waals surface area contributed by atoms with Gasteiger partial charge < -0.3 is 10.0 Å². The number of nitrogens with zero attached hydrogens (tertiary/aromatic N) is 2. The van der Waals surface area contributed by atoms with E-state index in [2.05, 4.69) is 58.3 Å². The maximum atomic E-state index is 14.1. The number of hydrogen-bond acceptors (Lipinski definition) is 3. The number of fused-ring (bicyclic) bond motifs is 2. The fourth-order valence-corrected chi connectivity index (χ4v) is 10.7. The second-order valence-corrected chi connectivity index (χ2v) is 13.5. The van der Waals surface area contributed by atoms with E-state index in [0.29, 0.717) is 35.1 Å². The van der Waals surface area contributed by atoms with Gasteiger partial charge in [0, 0.05) is 36.2 Å². The Morgan fingerprint density at radius 2 is 1.84 bits per heavy atom. The molecule has 4 bridgehead atoms. The number of phenolic OH excluding ortho intramolecular Hbond substituents is 1. The fraction of sp³-hybridized carbons (Fsp3) is 0.500. The van der Waals surface area contributed by atoms with Crippen molar-refractivity contribution in [2.75, 3.05) is 19.6 Å². The standard InChI is InChI=1S/C34H36N2O2/c37-27-10-9-24-16-30-33-12-11-29-31(34(33,28(24)17-27)13-14-35(30)19-21-5-6-21)26(18-33)20-36(29)32(38)25-8-7-22-3-1-2-4-23(22)15-25/h1-4,7-10,15,17,21,26,29-31,37H,5-6,11-14,16,18-20H2/t26-,29?,30?,31?,33?,34?/m1/s1. The summed E-state index contributed by atoms with van der Waals surface area (Å²) in [6.45, 7) is 3.35. The second kappa shape index (κ2) is 7.41. The molecular weight excluding hydrogens is 468 g/mol. The smallest absolute Gasteiger partial charge is 0.254 e. The summed E-state index contributed by atoms with van der Waals surface area (Å²) >= 11 is 0. The molecule has 5 fully saturated rings. The quantitative estimate of drug-likeness (QED) is 0.493. The molecule has 4 aliphatic carbocycles. The van der Waals surface area contributed by atoms with Crippen LogP contribution in [0.1, 0.15) is 60.0 Å². The zero-order valence-corrected chi connectivity index (χ0v) is 22.0. The molecule has 194 valence electrons. The number of piperidine rings is 1. The molecule has 4 nitrogen and oxygen atoms in total. The van der Waals surface area contributed by atoms with Gasteiger partial charge in [0.2, 0.25) is 0 Å². The van der Waals surface area contributed by atoms with E-state index in [0.717, 1.165) is 36.3 Å². The molecule has 2 heterocycles. The van der Waals surface area contributed by atoms with E-state index in [1.165, 1.54) is 61.7 Å². The lowest BCUT2D eigenvalue weighted by Crippen LogP contribution is -2.69. The predicted molar refractivity (Wildman–Crippen MR) is 148 cm³/mol. The summed E-state index contributed by atoms with van der Waals surface area (Å²) in [4.78, 5) is 19.3. The molecule has 0 radical (unpaired) electrons. The average Bonchev–Trinajstić information content (AvgIpc) is 3.63. The van der Waals surface area contributed by atoms with Crippen molar-refractivity contribution < 1.29 is 9.90 Å². The van der Waals surface area contributed by atoms with Gasteiger partial charge in [0.25, 0.3) is 5.91 Å². The predicted octanol–water partition coefficient (Wildman–Crippen LogP) is 5.76. The van der Waals surface area contributed by atoms with Crippen LogP contribution in [0.25, 0.3) is 10.8 Å². The van der Waals surface area contributed by atoms with Crippen LogP contribution in [0.4, 0.5) is 0 Å². The third kappa shape index (κ3) is 2.68. The molecule has 0 spiro atoms. The number of aromatic hydroxyl groups is 1. The average molecular weight is 505 g/mol. The molecule has 9 rings (SSSR count). The van der Waals surface area contributed by atoms with E-state index in [9.17, 15) is 9.90 Å². The Kier molecular flexibility index (Phi) is 4.30. The fourth-order valence-electron chi connectivity index (χ4n) is 10.7. The molecule has 0 aromatic heterocycles. The highest BCUT2D eigenvalue weighted by Gasteiger charge is 2.76. The Morgan fingerprint density at radius 1 is 0.974 bits per heavy atom. The highest BCUT2D eigenvalue weighted by atomic mass is 16.3. The van der Waals surface area contributed by atoms with Crippen molar-refractivity contribution in [2.24, 2.45) is 23.2 Å². The molecule has 5 unspecified atom stereocenters. The minimum absolute atomic E-state index is 0.0933. The third-order valence-electron chi connectivity index (χ3n) is 12.0.